The summed E-state index contributed by atoms with van der Waals surface area (Å²) in [5, 5.41) is 100. The van der Waals surface area contributed by atoms with Gasteiger partial charge < -0.3 is 84.2 Å². The first-order valence-electron chi connectivity index (χ1n) is 11.7. The Morgan fingerprint density at radius 1 is 0.378 bits per heavy atom. The maximum absolute atomic E-state index is 10.5. The van der Waals surface area contributed by atoms with Gasteiger partial charge in [-0.15, -0.1) is 0 Å². The van der Waals surface area contributed by atoms with E-state index in [1.807, 2.05) is 0 Å². The fourth-order valence-electron chi connectivity index (χ4n) is 4.33. The minimum atomic E-state index is -1.71. The van der Waals surface area contributed by atoms with E-state index in [1.54, 1.807) is 0 Å². The first kappa shape index (κ1) is 29.3. The summed E-state index contributed by atoms with van der Waals surface area (Å²) in [6.07, 6.45) is -24.0. The molecule has 0 radical (unpaired) electrons. The number of aliphatic hydroxyl groups excluding tert-OH is 10. The third-order valence-electron chi connectivity index (χ3n) is 6.70. The fourth-order valence-corrected chi connectivity index (χ4v) is 4.33. The smallest absolute Gasteiger partial charge is 0.186 e. The van der Waals surface area contributed by atoms with Gasteiger partial charge >= 0.3 is 0 Å². The second kappa shape index (κ2) is 12.2. The molecule has 16 atom stereocenters. The van der Waals surface area contributed by atoms with E-state index in [-0.39, 0.29) is 26.4 Å². The minimum absolute atomic E-state index is 0.326. The Balaban J connectivity index is 1.27. The van der Waals surface area contributed by atoms with Crippen molar-refractivity contribution in [3.8, 4) is 0 Å². The van der Waals surface area contributed by atoms with E-state index in [1.165, 1.54) is 0 Å². The van der Waals surface area contributed by atoms with Crippen LogP contribution in [0, 0.1) is 0 Å². The first-order chi connectivity index (χ1) is 17.5. The van der Waals surface area contributed by atoms with Gasteiger partial charge in [-0.3, -0.25) is 0 Å². The van der Waals surface area contributed by atoms with Crippen LogP contribution in [0.2, 0.25) is 0 Å². The minimum Gasteiger partial charge on any atom is -0.388 e. The van der Waals surface area contributed by atoms with Crippen LogP contribution >= 0.6 is 0 Å². The van der Waals surface area contributed by atoms with Crippen molar-refractivity contribution >= 4 is 0 Å². The van der Waals surface area contributed by atoms with Crippen molar-refractivity contribution in [1.29, 1.82) is 0 Å². The number of ether oxygens (including phenoxy) is 7. The average molecular weight is 546 g/mol. The first-order valence-corrected chi connectivity index (χ1v) is 11.7. The molecule has 4 heterocycles. The summed E-state index contributed by atoms with van der Waals surface area (Å²) < 4.78 is 37.0. The van der Waals surface area contributed by atoms with E-state index in [0.29, 0.717) is 0 Å². The zero-order chi connectivity index (χ0) is 27.0. The molecule has 37 heavy (non-hydrogen) atoms. The molecule has 0 aromatic carbocycles. The average Bonchev–Trinajstić information content (AvgIpc) is 2.88. The second-order valence-corrected chi connectivity index (χ2v) is 9.34. The van der Waals surface area contributed by atoms with Crippen molar-refractivity contribution in [2.75, 3.05) is 26.4 Å². The van der Waals surface area contributed by atoms with Crippen molar-refractivity contribution in [3.63, 3.8) is 0 Å². The van der Waals surface area contributed by atoms with E-state index in [2.05, 4.69) is 0 Å². The van der Waals surface area contributed by atoms with E-state index in [0.717, 1.165) is 0 Å². The highest BCUT2D eigenvalue weighted by Crippen LogP contribution is 2.28. The van der Waals surface area contributed by atoms with Gasteiger partial charge in [-0.2, -0.15) is 0 Å². The summed E-state index contributed by atoms with van der Waals surface area (Å²) in [7, 11) is 0. The molecule has 0 aromatic heterocycles. The molecular weight excluding hydrogens is 512 g/mol. The van der Waals surface area contributed by atoms with Gasteiger partial charge in [0.25, 0.3) is 0 Å². The molecule has 16 unspecified atom stereocenters. The molecule has 4 fully saturated rings. The lowest BCUT2D eigenvalue weighted by Gasteiger charge is -2.44. The van der Waals surface area contributed by atoms with E-state index < -0.39 is 98.4 Å². The molecule has 0 bridgehead atoms. The highest BCUT2D eigenvalue weighted by Gasteiger charge is 2.49. The maximum Gasteiger partial charge on any atom is 0.186 e. The molecule has 216 valence electrons. The summed E-state index contributed by atoms with van der Waals surface area (Å²) in [5.74, 6) is 0. The van der Waals surface area contributed by atoms with Gasteiger partial charge in [-0.25, -0.2) is 0 Å². The number of hydrogen-bond acceptors (Lipinski definition) is 17. The Morgan fingerprint density at radius 3 is 1.19 bits per heavy atom. The predicted octanol–water partition coefficient (Wildman–Crippen LogP) is -7.19. The lowest BCUT2D eigenvalue weighted by Crippen LogP contribution is -2.62. The van der Waals surface area contributed by atoms with E-state index >= 15 is 0 Å². The normalized spacial score (nSPS) is 53.7. The highest BCUT2D eigenvalue weighted by molar-refractivity contribution is 4.91. The number of hydrogen-bond donors (Lipinski definition) is 10. The van der Waals surface area contributed by atoms with Crippen molar-refractivity contribution in [2.45, 2.75) is 98.4 Å². The van der Waals surface area contributed by atoms with Crippen LogP contribution in [0.3, 0.4) is 0 Å². The standard InChI is InChI=1S/C20H34O17/c21-5-1-32-18(14(27)9(5)22)36-7-3-34-20(16(29)11(7)24)37-8-4-33-19(15(28)12(8)25)35-6-2-31-17(30)13(26)10(6)23/h5-30H,1-4H2. The van der Waals surface area contributed by atoms with Gasteiger partial charge in [0.15, 0.2) is 25.2 Å². The van der Waals surface area contributed by atoms with Crippen molar-refractivity contribution in [1.82, 2.24) is 0 Å². The van der Waals surface area contributed by atoms with Crippen molar-refractivity contribution in [3.05, 3.63) is 0 Å². The zero-order valence-electron chi connectivity index (χ0n) is 19.4. The monoisotopic (exact) mass is 546 g/mol. The topological polar surface area (TPSA) is 267 Å². The molecule has 0 spiro atoms. The molecular formula is C20H34O17. The van der Waals surface area contributed by atoms with Gasteiger partial charge in [0.1, 0.15) is 73.2 Å². The SMILES string of the molecule is OC1COC(OC2COC(OC3COC(OC4COC(O)C(O)C4O)C(O)C3O)C(O)C2O)C(O)C1O. The molecule has 4 aliphatic rings. The molecule has 17 heteroatoms. The molecule has 0 saturated carbocycles. The van der Waals surface area contributed by atoms with Crippen molar-refractivity contribution in [2.24, 2.45) is 0 Å². The number of aliphatic hydroxyl groups is 10. The summed E-state index contributed by atoms with van der Waals surface area (Å²) >= 11 is 0. The van der Waals surface area contributed by atoms with Gasteiger partial charge in [0.2, 0.25) is 0 Å². The Bertz CT molecular complexity index is 673. The lowest BCUT2D eigenvalue weighted by atomic mass is 10.0. The van der Waals surface area contributed by atoms with Gasteiger partial charge in [0, 0.05) is 0 Å². The summed E-state index contributed by atoms with van der Waals surface area (Å²) in [6.45, 7) is -1.39. The van der Waals surface area contributed by atoms with Gasteiger partial charge in [-0.05, 0) is 0 Å². The third-order valence-corrected chi connectivity index (χ3v) is 6.70. The van der Waals surface area contributed by atoms with Crippen LogP contribution in [0.15, 0.2) is 0 Å². The third kappa shape index (κ3) is 6.23. The molecule has 0 amide bonds. The van der Waals surface area contributed by atoms with Crippen LogP contribution in [0.1, 0.15) is 0 Å². The summed E-state index contributed by atoms with van der Waals surface area (Å²) in [6, 6.07) is 0. The summed E-state index contributed by atoms with van der Waals surface area (Å²) in [5.41, 5.74) is 0. The Morgan fingerprint density at radius 2 is 0.730 bits per heavy atom. The van der Waals surface area contributed by atoms with Gasteiger partial charge in [0.05, 0.1) is 26.4 Å². The second-order valence-electron chi connectivity index (χ2n) is 9.34. The zero-order valence-corrected chi connectivity index (χ0v) is 19.4. The predicted molar refractivity (Wildman–Crippen MR) is 110 cm³/mol. The molecule has 4 saturated heterocycles. The highest BCUT2D eigenvalue weighted by atomic mass is 16.8. The fraction of sp³-hybridized carbons (Fsp3) is 1.00. The molecule has 0 aliphatic carbocycles. The Kier molecular flexibility index (Phi) is 9.69. The van der Waals surface area contributed by atoms with Gasteiger partial charge in [-0.1, -0.05) is 0 Å². The van der Waals surface area contributed by atoms with E-state index in [4.69, 9.17) is 33.2 Å². The van der Waals surface area contributed by atoms with E-state index in [9.17, 15) is 51.1 Å². The number of rotatable bonds is 6. The molecule has 10 N–H and O–H groups in total. The molecule has 0 aromatic rings. The molecule has 4 aliphatic heterocycles. The summed E-state index contributed by atoms with van der Waals surface area (Å²) in [4.78, 5) is 0. The van der Waals surface area contributed by atoms with Crippen molar-refractivity contribution < 1.29 is 84.2 Å². The molecule has 17 nitrogen and oxygen atoms in total. The quantitative estimate of drug-likeness (QED) is 0.148. The van der Waals surface area contributed by atoms with Crippen LogP contribution in [0.5, 0.6) is 0 Å². The maximum atomic E-state index is 10.5. The molecule has 4 rings (SSSR count). The van der Waals surface area contributed by atoms with Crippen LogP contribution in [-0.4, -0.2) is 176 Å². The van der Waals surface area contributed by atoms with Crippen LogP contribution in [0.4, 0.5) is 0 Å². The Labute approximate surface area is 209 Å². The Hall–Kier alpha value is -0.680. The lowest BCUT2D eigenvalue weighted by molar-refractivity contribution is -0.356. The van der Waals surface area contributed by atoms with Crippen LogP contribution < -0.4 is 0 Å². The van der Waals surface area contributed by atoms with Crippen LogP contribution in [-0.2, 0) is 33.2 Å². The van der Waals surface area contributed by atoms with Crippen LogP contribution in [0.25, 0.3) is 0 Å². The largest absolute Gasteiger partial charge is 0.388 e.